The van der Waals surface area contributed by atoms with E-state index in [2.05, 4.69) is 235 Å². The average molecular weight is 879 g/mol. The van der Waals surface area contributed by atoms with Gasteiger partial charge < -0.3 is 0 Å². The zero-order valence-electron chi connectivity index (χ0n) is 36.7. The van der Waals surface area contributed by atoms with Gasteiger partial charge in [0.15, 0.2) is 5.65 Å². The van der Waals surface area contributed by atoms with Crippen LogP contribution >= 0.6 is 11.3 Å². The molecule has 314 valence electrons. The average Bonchev–Trinajstić information content (AvgIpc) is 3.97. The molecule has 0 atom stereocenters. The quantitative estimate of drug-likeness (QED) is 0.127. The Hall–Kier alpha value is -8.63. The molecule has 0 N–H and O–H groups in total. The largest absolute Gasteiger partial charge is 0.291 e. The number of hydrogen-bond donors (Lipinski definition) is 0. The van der Waals surface area contributed by atoms with Crippen LogP contribution in [0.2, 0.25) is 0 Å². The van der Waals surface area contributed by atoms with Crippen LogP contribution < -0.4 is 0 Å². The molecule has 3 aromatic heterocycles. The molecule has 15 rings (SSSR count). The van der Waals surface area contributed by atoms with E-state index in [9.17, 15) is 0 Å². The summed E-state index contributed by atoms with van der Waals surface area (Å²) in [5.74, 6) is 0. The minimum atomic E-state index is 1.01. The number of benzene rings is 12. The van der Waals surface area contributed by atoms with Gasteiger partial charge in [0.2, 0.25) is 0 Å². The zero-order chi connectivity index (χ0) is 44.5. The molecule has 0 aliphatic carbocycles. The van der Waals surface area contributed by atoms with E-state index < -0.39 is 0 Å². The lowest BCUT2D eigenvalue weighted by molar-refractivity contribution is 1.25. The number of thiophene rings is 1. The van der Waals surface area contributed by atoms with Crippen LogP contribution in [0.15, 0.2) is 231 Å². The minimum absolute atomic E-state index is 1.01. The highest BCUT2D eigenvalue weighted by Crippen LogP contribution is 2.43. The lowest BCUT2D eigenvalue weighted by atomic mass is 9.90. The summed E-state index contributed by atoms with van der Waals surface area (Å²) in [4.78, 5) is 5.41. The molecule has 0 amide bonds. The molecule has 0 unspecified atom stereocenters. The van der Waals surface area contributed by atoms with Crippen molar-refractivity contribution in [3.05, 3.63) is 231 Å². The fourth-order valence-electron chi connectivity index (χ4n) is 11.3. The summed E-state index contributed by atoms with van der Waals surface area (Å²) in [7, 11) is 0. The smallest absolute Gasteiger partial charge is 0.156 e. The van der Waals surface area contributed by atoms with Crippen LogP contribution in [0.3, 0.4) is 0 Å². The molecule has 0 aliphatic rings. The fraction of sp³-hybridized carbons (Fsp3) is 0. The maximum absolute atomic E-state index is 5.41. The lowest BCUT2D eigenvalue weighted by Gasteiger charge is -2.14. The molecular formula is C65H38N2S. The third-order valence-electron chi connectivity index (χ3n) is 14.5. The highest BCUT2D eigenvalue weighted by atomic mass is 32.1. The molecule has 12 aromatic carbocycles. The third-order valence-corrected chi connectivity index (χ3v) is 15.7. The van der Waals surface area contributed by atoms with Crippen LogP contribution in [0.5, 0.6) is 0 Å². The Labute approximate surface area is 395 Å². The van der Waals surface area contributed by atoms with Gasteiger partial charge in [0.05, 0.1) is 21.4 Å². The SMILES string of the molecule is c1ccc2cc3cc4c(cc3cc2c1)nc1c2sc3ccccc3c2cc(-c2ccc(-c3ccc(-c5ccc(-c6ccc7c8ccccc8c8ccccc8c7c6)cc5)c5ccccc35)cc2)n41. The van der Waals surface area contributed by atoms with Gasteiger partial charge in [-0.3, -0.25) is 4.40 Å². The van der Waals surface area contributed by atoms with Crippen LogP contribution in [0.4, 0.5) is 0 Å². The van der Waals surface area contributed by atoms with Crippen molar-refractivity contribution >= 4 is 113 Å². The molecule has 3 heterocycles. The number of fused-ring (bicyclic) bond motifs is 16. The molecule has 0 fully saturated rings. The van der Waals surface area contributed by atoms with E-state index in [1.54, 1.807) is 0 Å². The number of rotatable bonds is 4. The molecule has 3 heteroatoms. The first-order chi connectivity index (χ1) is 33.7. The van der Waals surface area contributed by atoms with E-state index in [0.29, 0.717) is 0 Å². The lowest BCUT2D eigenvalue weighted by Crippen LogP contribution is -1.93. The molecule has 0 saturated carbocycles. The first-order valence-corrected chi connectivity index (χ1v) is 24.2. The Kier molecular flexibility index (Phi) is 7.98. The van der Waals surface area contributed by atoms with Crippen molar-refractivity contribution < 1.29 is 0 Å². The summed E-state index contributed by atoms with van der Waals surface area (Å²) in [5, 5.41) is 17.7. The van der Waals surface area contributed by atoms with Crippen LogP contribution in [0.1, 0.15) is 0 Å². The van der Waals surface area contributed by atoms with Gasteiger partial charge in [0, 0.05) is 15.5 Å². The van der Waals surface area contributed by atoms with E-state index in [1.807, 2.05) is 11.3 Å². The maximum Gasteiger partial charge on any atom is 0.156 e. The summed E-state index contributed by atoms with van der Waals surface area (Å²) in [6.07, 6.45) is 0. The highest BCUT2D eigenvalue weighted by molar-refractivity contribution is 7.26. The van der Waals surface area contributed by atoms with Crippen LogP contribution in [-0.2, 0) is 0 Å². The molecule has 0 saturated heterocycles. The van der Waals surface area contributed by atoms with Gasteiger partial charge in [0.25, 0.3) is 0 Å². The summed E-state index contributed by atoms with van der Waals surface area (Å²) in [6.45, 7) is 0. The van der Waals surface area contributed by atoms with Crippen LogP contribution in [0.25, 0.3) is 146 Å². The van der Waals surface area contributed by atoms with Gasteiger partial charge in [0.1, 0.15) is 0 Å². The Balaban J connectivity index is 0.821. The summed E-state index contributed by atoms with van der Waals surface area (Å²) in [5.41, 5.74) is 12.7. The Morgan fingerprint density at radius 2 is 0.794 bits per heavy atom. The van der Waals surface area contributed by atoms with Crippen molar-refractivity contribution in [2.45, 2.75) is 0 Å². The topological polar surface area (TPSA) is 17.3 Å². The number of aromatic nitrogens is 2. The Morgan fingerprint density at radius 1 is 0.309 bits per heavy atom. The van der Waals surface area contributed by atoms with Crippen molar-refractivity contribution in [3.8, 4) is 44.6 Å². The van der Waals surface area contributed by atoms with E-state index in [-0.39, 0.29) is 0 Å². The van der Waals surface area contributed by atoms with Crippen LogP contribution in [-0.4, -0.2) is 9.38 Å². The first kappa shape index (κ1) is 37.6. The molecule has 0 bridgehead atoms. The molecule has 0 aliphatic heterocycles. The van der Waals surface area contributed by atoms with E-state index in [1.165, 1.54) is 118 Å². The van der Waals surface area contributed by atoms with Crippen molar-refractivity contribution in [3.63, 3.8) is 0 Å². The normalized spacial score (nSPS) is 12.1. The number of nitrogens with zero attached hydrogens (tertiary/aromatic N) is 2. The first-order valence-electron chi connectivity index (χ1n) is 23.3. The zero-order valence-corrected chi connectivity index (χ0v) is 37.6. The minimum Gasteiger partial charge on any atom is -0.291 e. The van der Waals surface area contributed by atoms with E-state index in [0.717, 1.165) is 27.9 Å². The summed E-state index contributed by atoms with van der Waals surface area (Å²) < 4.78 is 4.89. The van der Waals surface area contributed by atoms with Crippen molar-refractivity contribution in [1.82, 2.24) is 9.38 Å². The molecule has 15 aromatic rings. The van der Waals surface area contributed by atoms with Gasteiger partial charge in [-0.1, -0.05) is 188 Å². The second kappa shape index (κ2) is 14.4. The second-order valence-corrected chi connectivity index (χ2v) is 19.3. The number of pyridine rings is 1. The molecular weight excluding hydrogens is 841 g/mol. The Morgan fingerprint density at radius 3 is 1.43 bits per heavy atom. The molecule has 0 spiro atoms. The number of imidazole rings is 1. The Bertz CT molecular complexity index is 4560. The highest BCUT2D eigenvalue weighted by Gasteiger charge is 2.19. The maximum atomic E-state index is 5.41. The van der Waals surface area contributed by atoms with E-state index in [4.69, 9.17) is 4.98 Å². The van der Waals surface area contributed by atoms with Crippen molar-refractivity contribution in [1.29, 1.82) is 0 Å². The summed E-state index contributed by atoms with van der Waals surface area (Å²) >= 11 is 1.83. The molecule has 2 nitrogen and oxygen atoms in total. The second-order valence-electron chi connectivity index (χ2n) is 18.2. The van der Waals surface area contributed by atoms with Crippen molar-refractivity contribution in [2.24, 2.45) is 0 Å². The van der Waals surface area contributed by atoms with Gasteiger partial charge in [-0.25, -0.2) is 4.98 Å². The fourth-order valence-corrected chi connectivity index (χ4v) is 12.4. The predicted octanol–water partition coefficient (Wildman–Crippen LogP) is 18.4. The van der Waals surface area contributed by atoms with Gasteiger partial charge >= 0.3 is 0 Å². The monoisotopic (exact) mass is 878 g/mol. The predicted molar refractivity (Wildman–Crippen MR) is 292 cm³/mol. The van der Waals surface area contributed by atoms with E-state index >= 15 is 0 Å². The molecule has 0 radical (unpaired) electrons. The number of hydrogen-bond acceptors (Lipinski definition) is 2. The van der Waals surface area contributed by atoms with Gasteiger partial charge in [-0.2, -0.15) is 0 Å². The summed E-state index contributed by atoms with van der Waals surface area (Å²) in [6, 6.07) is 85.3. The van der Waals surface area contributed by atoms with Crippen LogP contribution in [0, 0.1) is 0 Å². The standard InChI is InChI=1S/C65H38N2S/c1-2-12-44-34-47-37-62-60(36-46(47)33-43(44)11-1)66-65-64-59(57-19-9-10-20-63(57)68-64)38-61(67(62)65)42-27-25-41(26-28-42)49-32-31-48(50-13-3-4-14-51(49)50)40-23-21-39(22-24-40)45-29-30-56-54-17-6-5-15-52(54)53-16-7-8-18-55(53)58(56)35-45/h1-38H. The van der Waals surface area contributed by atoms with Gasteiger partial charge in [-0.05, 0) is 146 Å². The van der Waals surface area contributed by atoms with Crippen molar-refractivity contribution in [2.75, 3.05) is 0 Å². The van der Waals surface area contributed by atoms with Gasteiger partial charge in [-0.15, -0.1) is 11.3 Å². The molecule has 68 heavy (non-hydrogen) atoms. The third kappa shape index (κ3) is 5.60.